The molecule has 3 N–H and O–H groups in total. The second-order valence-corrected chi connectivity index (χ2v) is 6.52. The molecule has 0 saturated carbocycles. The van der Waals surface area contributed by atoms with Gasteiger partial charge in [-0.3, -0.25) is 4.98 Å². The van der Waals surface area contributed by atoms with Crippen molar-refractivity contribution in [1.29, 1.82) is 0 Å². The number of carbonyl (C=O) groups excluding carboxylic acids is 2. The smallest absolute Gasteiger partial charge is 0.407 e. The summed E-state index contributed by atoms with van der Waals surface area (Å²) in [4.78, 5) is 27.1. The highest BCUT2D eigenvalue weighted by atomic mass is 32.1. The predicted molar refractivity (Wildman–Crippen MR) is 78.8 cm³/mol. The van der Waals surface area contributed by atoms with Gasteiger partial charge < -0.3 is 20.5 Å². The van der Waals surface area contributed by atoms with E-state index < -0.39 is 12.2 Å². The number of nitrogens with two attached hydrogens (primary N) is 1. The van der Waals surface area contributed by atoms with E-state index >= 15 is 0 Å². The van der Waals surface area contributed by atoms with Crippen LogP contribution in [0.5, 0.6) is 0 Å². The summed E-state index contributed by atoms with van der Waals surface area (Å²) < 4.78 is 10.1. The van der Waals surface area contributed by atoms with Gasteiger partial charge in [-0.15, -0.1) is 11.3 Å². The van der Waals surface area contributed by atoms with Crippen LogP contribution in [0.3, 0.4) is 0 Å². The van der Waals surface area contributed by atoms with E-state index in [1.54, 1.807) is 11.7 Å². The van der Waals surface area contributed by atoms with Crippen LogP contribution in [-0.4, -0.2) is 29.8 Å². The fourth-order valence-corrected chi connectivity index (χ4v) is 2.12. The summed E-state index contributed by atoms with van der Waals surface area (Å²) in [7, 11) is 0. The Morgan fingerprint density at radius 3 is 2.71 bits per heavy atom. The van der Waals surface area contributed by atoms with Gasteiger partial charge in [0, 0.05) is 19.2 Å². The largest absolute Gasteiger partial charge is 0.446 e. The molecule has 0 aliphatic carbocycles. The summed E-state index contributed by atoms with van der Waals surface area (Å²) in [5, 5.41) is 2.61. The minimum Gasteiger partial charge on any atom is -0.446 e. The van der Waals surface area contributed by atoms with Crippen molar-refractivity contribution in [2.45, 2.75) is 39.9 Å². The lowest BCUT2D eigenvalue weighted by molar-refractivity contribution is 0.0315. The Kier molecular flexibility index (Phi) is 6.41. The molecule has 7 nitrogen and oxygen atoms in total. The summed E-state index contributed by atoms with van der Waals surface area (Å²) in [6.07, 6.45) is 0.394. The molecule has 8 heteroatoms. The Bertz CT molecular complexity index is 456. The number of alkyl carbamates (subject to hydrolysis) is 1. The number of carbonyl (C=O) groups is 2. The first-order valence-electron chi connectivity index (χ1n) is 6.53. The van der Waals surface area contributed by atoms with Crippen LogP contribution in [-0.2, 0) is 16.1 Å². The van der Waals surface area contributed by atoms with Crippen LogP contribution in [0.2, 0.25) is 0 Å². The van der Waals surface area contributed by atoms with Gasteiger partial charge in [-0.05, 0) is 5.41 Å². The van der Waals surface area contributed by atoms with Gasteiger partial charge in [0.2, 0.25) is 0 Å². The molecule has 118 valence electrons. The van der Waals surface area contributed by atoms with Crippen LogP contribution < -0.4 is 11.1 Å². The number of aromatic nitrogens is 1. The van der Waals surface area contributed by atoms with Crippen LogP contribution in [0, 0.1) is 5.41 Å². The zero-order chi connectivity index (χ0) is 15.9. The third-order valence-electron chi connectivity index (χ3n) is 2.73. The van der Waals surface area contributed by atoms with E-state index in [9.17, 15) is 9.59 Å². The van der Waals surface area contributed by atoms with Crippen LogP contribution in [0.1, 0.15) is 32.1 Å². The number of nitrogens with zero attached hydrogens (tertiary/aromatic N) is 1. The molecule has 0 saturated heterocycles. The second kappa shape index (κ2) is 7.82. The molecule has 0 radical (unpaired) electrons. The summed E-state index contributed by atoms with van der Waals surface area (Å²) in [6.45, 7) is 6.32. The Morgan fingerprint density at radius 1 is 1.48 bits per heavy atom. The SMILES string of the molecule is CC(C)(C)C(CCNC(=O)OCc1cncs1)OC(N)=O. The maximum atomic E-state index is 11.5. The van der Waals surface area contributed by atoms with E-state index in [2.05, 4.69) is 10.3 Å². The van der Waals surface area contributed by atoms with Gasteiger partial charge in [0.1, 0.15) is 12.7 Å². The molecule has 0 bridgehead atoms. The molecule has 1 rings (SSSR count). The van der Waals surface area contributed by atoms with E-state index in [1.165, 1.54) is 11.3 Å². The fraction of sp³-hybridized carbons (Fsp3) is 0.615. The maximum Gasteiger partial charge on any atom is 0.407 e. The zero-order valence-electron chi connectivity index (χ0n) is 12.4. The molecular formula is C13H21N3O4S. The molecule has 1 unspecified atom stereocenters. The van der Waals surface area contributed by atoms with Crippen molar-refractivity contribution >= 4 is 23.5 Å². The van der Waals surface area contributed by atoms with Crippen LogP contribution in [0.15, 0.2) is 11.7 Å². The summed E-state index contributed by atoms with van der Waals surface area (Å²) >= 11 is 1.42. The van der Waals surface area contributed by atoms with Crippen LogP contribution in [0.25, 0.3) is 0 Å². The van der Waals surface area contributed by atoms with Crippen molar-refractivity contribution in [3.63, 3.8) is 0 Å². The van der Waals surface area contributed by atoms with Gasteiger partial charge in [0.15, 0.2) is 0 Å². The average Bonchev–Trinajstić information content (AvgIpc) is 2.86. The Hall–Kier alpha value is -1.83. The molecule has 0 aliphatic heterocycles. The highest BCUT2D eigenvalue weighted by Gasteiger charge is 2.27. The quantitative estimate of drug-likeness (QED) is 0.838. The number of amides is 2. The molecule has 1 aromatic heterocycles. The van der Waals surface area contributed by atoms with Gasteiger partial charge in [0.05, 0.1) is 10.4 Å². The molecule has 1 atom stereocenters. The van der Waals surface area contributed by atoms with Gasteiger partial charge >= 0.3 is 12.2 Å². The molecular weight excluding hydrogens is 294 g/mol. The number of thiazole rings is 1. The Morgan fingerprint density at radius 2 is 2.19 bits per heavy atom. The maximum absolute atomic E-state index is 11.5. The number of hydrogen-bond acceptors (Lipinski definition) is 6. The van der Waals surface area contributed by atoms with Gasteiger partial charge in [0.25, 0.3) is 0 Å². The van der Waals surface area contributed by atoms with E-state index in [0.717, 1.165) is 4.88 Å². The van der Waals surface area contributed by atoms with Crippen molar-refractivity contribution < 1.29 is 19.1 Å². The fourth-order valence-electron chi connectivity index (χ4n) is 1.62. The first-order valence-corrected chi connectivity index (χ1v) is 7.41. The molecule has 1 aromatic rings. The van der Waals surface area contributed by atoms with Crippen LogP contribution in [0.4, 0.5) is 9.59 Å². The van der Waals surface area contributed by atoms with Crippen molar-refractivity contribution in [3.8, 4) is 0 Å². The molecule has 0 spiro atoms. The zero-order valence-corrected chi connectivity index (χ0v) is 13.2. The lowest BCUT2D eigenvalue weighted by Crippen LogP contribution is -2.37. The van der Waals surface area contributed by atoms with Gasteiger partial charge in [-0.25, -0.2) is 9.59 Å². The summed E-state index contributed by atoms with van der Waals surface area (Å²) in [5.41, 5.74) is 6.46. The normalized spacial score (nSPS) is 12.5. The highest BCUT2D eigenvalue weighted by molar-refractivity contribution is 7.09. The van der Waals surface area contributed by atoms with E-state index in [4.69, 9.17) is 15.2 Å². The van der Waals surface area contributed by atoms with E-state index in [-0.39, 0.29) is 18.1 Å². The molecule has 1 heterocycles. The van der Waals surface area contributed by atoms with E-state index in [0.29, 0.717) is 13.0 Å². The van der Waals surface area contributed by atoms with Crippen molar-refractivity contribution in [2.24, 2.45) is 11.1 Å². The predicted octanol–water partition coefficient (Wildman–Crippen LogP) is 2.27. The monoisotopic (exact) mass is 315 g/mol. The van der Waals surface area contributed by atoms with Crippen LogP contribution >= 0.6 is 11.3 Å². The number of primary amides is 1. The molecule has 21 heavy (non-hydrogen) atoms. The molecule has 2 amide bonds. The third kappa shape index (κ3) is 6.94. The number of hydrogen-bond donors (Lipinski definition) is 2. The lowest BCUT2D eigenvalue weighted by atomic mass is 9.87. The first kappa shape index (κ1) is 17.2. The third-order valence-corrected chi connectivity index (χ3v) is 3.48. The van der Waals surface area contributed by atoms with Crippen molar-refractivity contribution in [3.05, 3.63) is 16.6 Å². The lowest BCUT2D eigenvalue weighted by Gasteiger charge is -2.29. The average molecular weight is 315 g/mol. The van der Waals surface area contributed by atoms with Gasteiger partial charge in [-0.1, -0.05) is 20.8 Å². The van der Waals surface area contributed by atoms with E-state index in [1.807, 2.05) is 20.8 Å². The first-order chi connectivity index (χ1) is 9.79. The molecule has 0 aromatic carbocycles. The number of ether oxygens (including phenoxy) is 2. The number of nitrogens with one attached hydrogen (secondary N) is 1. The van der Waals surface area contributed by atoms with Crippen molar-refractivity contribution in [1.82, 2.24) is 10.3 Å². The number of rotatable bonds is 6. The second-order valence-electron chi connectivity index (χ2n) is 5.55. The standard InChI is InChI=1S/C13H21N3O4S/c1-13(2,3)10(20-11(14)17)4-5-16-12(18)19-7-9-6-15-8-21-9/h6,8,10H,4-5,7H2,1-3H3,(H2,14,17)(H,16,18). The highest BCUT2D eigenvalue weighted by Crippen LogP contribution is 2.24. The Labute approximate surface area is 127 Å². The molecule has 0 aliphatic rings. The van der Waals surface area contributed by atoms with Gasteiger partial charge in [-0.2, -0.15) is 0 Å². The topological polar surface area (TPSA) is 104 Å². The Balaban J connectivity index is 2.29. The summed E-state index contributed by atoms with van der Waals surface area (Å²) in [5.74, 6) is 0. The minimum absolute atomic E-state index is 0.191. The summed E-state index contributed by atoms with van der Waals surface area (Å²) in [6, 6.07) is 0. The van der Waals surface area contributed by atoms with Crippen molar-refractivity contribution in [2.75, 3.05) is 6.54 Å². The molecule has 0 fully saturated rings. The minimum atomic E-state index is -0.817.